The van der Waals surface area contributed by atoms with Crippen LogP contribution in [-0.4, -0.2) is 36.8 Å². The minimum absolute atomic E-state index is 0.600. The second-order valence-corrected chi connectivity index (χ2v) is 7.47. The lowest BCUT2D eigenvalue weighted by molar-refractivity contribution is 0.287. The zero-order valence-electron chi connectivity index (χ0n) is 19.3. The van der Waals surface area contributed by atoms with Crippen molar-refractivity contribution in [3.8, 4) is 28.6 Å². The van der Waals surface area contributed by atoms with Gasteiger partial charge in [-0.3, -0.25) is 0 Å². The highest BCUT2D eigenvalue weighted by Gasteiger charge is 2.10. The minimum atomic E-state index is 0.600. The number of fused-ring (bicyclic) bond motifs is 1. The maximum Gasteiger partial charge on any atom is 0.162 e. The summed E-state index contributed by atoms with van der Waals surface area (Å²) in [6, 6.07) is 21.9. The van der Waals surface area contributed by atoms with E-state index in [4.69, 9.17) is 24.2 Å². The van der Waals surface area contributed by atoms with Crippen molar-refractivity contribution in [2.24, 2.45) is 0 Å². The second kappa shape index (κ2) is 10.7. The molecule has 4 rings (SSSR count). The van der Waals surface area contributed by atoms with Crippen LogP contribution < -0.4 is 19.5 Å². The maximum atomic E-state index is 5.76. The predicted octanol–water partition coefficient (Wildman–Crippen LogP) is 5.76. The van der Waals surface area contributed by atoms with Crippen molar-refractivity contribution in [2.45, 2.75) is 20.3 Å². The molecule has 0 aliphatic carbocycles. The molecule has 0 aliphatic rings. The fourth-order valence-corrected chi connectivity index (χ4v) is 3.66. The van der Waals surface area contributed by atoms with Gasteiger partial charge in [0.25, 0.3) is 0 Å². The first-order valence-corrected chi connectivity index (χ1v) is 11.3. The first-order chi connectivity index (χ1) is 16.2. The fourth-order valence-electron chi connectivity index (χ4n) is 3.66. The topological polar surface area (TPSA) is 65.5 Å². The van der Waals surface area contributed by atoms with Gasteiger partial charge in [-0.2, -0.15) is 0 Å². The summed E-state index contributed by atoms with van der Waals surface area (Å²) in [5.41, 5.74) is 3.01. The van der Waals surface area contributed by atoms with Gasteiger partial charge in [-0.05, 0) is 74.4 Å². The third kappa shape index (κ3) is 5.34. The van der Waals surface area contributed by atoms with Gasteiger partial charge >= 0.3 is 0 Å². The van der Waals surface area contributed by atoms with Crippen molar-refractivity contribution in [1.82, 2.24) is 9.97 Å². The molecule has 0 fully saturated rings. The first-order valence-electron chi connectivity index (χ1n) is 11.3. The summed E-state index contributed by atoms with van der Waals surface area (Å²) in [7, 11) is 1.66. The number of para-hydroxylation sites is 1. The van der Waals surface area contributed by atoms with Gasteiger partial charge in [0.2, 0.25) is 0 Å². The number of nitrogens with zero attached hydrogens (tertiary/aromatic N) is 2. The van der Waals surface area contributed by atoms with E-state index in [1.165, 1.54) is 5.56 Å². The van der Waals surface area contributed by atoms with Crippen molar-refractivity contribution in [1.29, 1.82) is 0 Å². The largest absolute Gasteiger partial charge is 0.497 e. The number of rotatable bonds is 10. The normalized spacial score (nSPS) is 10.8. The molecule has 0 bridgehead atoms. The smallest absolute Gasteiger partial charge is 0.162 e. The Labute approximate surface area is 194 Å². The number of hydrogen-bond donors (Lipinski definition) is 1. The average molecular weight is 444 g/mol. The number of aromatic nitrogens is 2. The summed E-state index contributed by atoms with van der Waals surface area (Å²) in [6.07, 6.45) is 0.822. The average Bonchev–Trinajstić information content (AvgIpc) is 2.85. The van der Waals surface area contributed by atoms with Crippen LogP contribution in [0.15, 0.2) is 66.7 Å². The van der Waals surface area contributed by atoms with Gasteiger partial charge in [-0.15, -0.1) is 0 Å². The van der Waals surface area contributed by atoms with Gasteiger partial charge in [-0.1, -0.05) is 18.2 Å². The second-order valence-electron chi connectivity index (χ2n) is 7.47. The van der Waals surface area contributed by atoms with Gasteiger partial charge < -0.3 is 19.5 Å². The van der Waals surface area contributed by atoms with E-state index in [2.05, 4.69) is 17.4 Å². The summed E-state index contributed by atoms with van der Waals surface area (Å²) in [5, 5.41) is 4.51. The standard InChI is InChI=1S/C27H29N3O3/c1-4-32-24-15-10-19(18-25(24)33-5-2)16-17-28-27-22-8-6-7-9-23(22)29-26(30-27)20-11-13-21(31-3)14-12-20/h6-15,18H,4-5,16-17H2,1-3H3,(H,28,29,30). The molecule has 170 valence electrons. The van der Waals surface area contributed by atoms with Crippen LogP contribution in [0.2, 0.25) is 0 Å². The Bertz CT molecular complexity index is 1210. The molecule has 33 heavy (non-hydrogen) atoms. The Balaban J connectivity index is 1.55. The molecule has 1 heterocycles. The molecule has 6 nitrogen and oxygen atoms in total. The van der Waals surface area contributed by atoms with Crippen molar-refractivity contribution >= 4 is 16.7 Å². The molecule has 1 N–H and O–H groups in total. The van der Waals surface area contributed by atoms with Crippen LogP contribution in [0.5, 0.6) is 17.2 Å². The Hall–Kier alpha value is -3.80. The summed E-state index contributed by atoms with van der Waals surface area (Å²) < 4.78 is 16.7. The van der Waals surface area contributed by atoms with Crippen LogP contribution in [0.25, 0.3) is 22.3 Å². The number of methoxy groups -OCH3 is 1. The lowest BCUT2D eigenvalue weighted by Gasteiger charge is -2.14. The van der Waals surface area contributed by atoms with Crippen molar-refractivity contribution < 1.29 is 14.2 Å². The van der Waals surface area contributed by atoms with E-state index in [1.54, 1.807) is 7.11 Å². The maximum absolute atomic E-state index is 5.76. The van der Waals surface area contributed by atoms with Crippen LogP contribution >= 0.6 is 0 Å². The van der Waals surface area contributed by atoms with Crippen molar-refractivity contribution in [3.05, 3.63) is 72.3 Å². The fraction of sp³-hybridized carbons (Fsp3) is 0.259. The van der Waals surface area contributed by atoms with Gasteiger partial charge in [0.05, 0.1) is 25.8 Å². The van der Waals surface area contributed by atoms with Crippen molar-refractivity contribution in [3.63, 3.8) is 0 Å². The zero-order valence-corrected chi connectivity index (χ0v) is 19.3. The molecule has 6 heteroatoms. The van der Waals surface area contributed by atoms with Crippen LogP contribution in [0.1, 0.15) is 19.4 Å². The Morgan fingerprint density at radius 3 is 2.33 bits per heavy atom. The summed E-state index contributed by atoms with van der Waals surface area (Å²) in [5.74, 6) is 3.87. The molecule has 3 aromatic carbocycles. The number of ether oxygens (including phenoxy) is 3. The molecule has 0 unspecified atom stereocenters. The lowest BCUT2D eigenvalue weighted by atomic mass is 10.1. The van der Waals surface area contributed by atoms with Crippen LogP contribution in [0.4, 0.5) is 5.82 Å². The van der Waals surface area contributed by atoms with E-state index >= 15 is 0 Å². The van der Waals surface area contributed by atoms with Gasteiger partial charge in [0, 0.05) is 17.5 Å². The number of hydrogen-bond acceptors (Lipinski definition) is 6. The zero-order chi connectivity index (χ0) is 23.0. The van der Waals surface area contributed by atoms with Gasteiger partial charge in [0.1, 0.15) is 11.6 Å². The van der Waals surface area contributed by atoms with E-state index in [9.17, 15) is 0 Å². The molecule has 0 aliphatic heterocycles. The van der Waals surface area contributed by atoms with E-state index in [1.807, 2.05) is 68.4 Å². The molecule has 0 amide bonds. The quantitative estimate of drug-likeness (QED) is 0.336. The van der Waals surface area contributed by atoms with Gasteiger partial charge in [0.15, 0.2) is 17.3 Å². The Morgan fingerprint density at radius 2 is 1.58 bits per heavy atom. The third-order valence-electron chi connectivity index (χ3n) is 5.27. The summed E-state index contributed by atoms with van der Waals surface area (Å²) >= 11 is 0. The molecule has 0 saturated heterocycles. The monoisotopic (exact) mass is 443 g/mol. The highest BCUT2D eigenvalue weighted by molar-refractivity contribution is 5.90. The molecule has 0 saturated carbocycles. The molecule has 0 spiro atoms. The summed E-state index contributed by atoms with van der Waals surface area (Å²) in [4.78, 5) is 9.60. The van der Waals surface area contributed by atoms with E-state index in [0.717, 1.165) is 52.5 Å². The van der Waals surface area contributed by atoms with Crippen LogP contribution in [-0.2, 0) is 6.42 Å². The third-order valence-corrected chi connectivity index (χ3v) is 5.27. The van der Waals surface area contributed by atoms with Crippen LogP contribution in [0.3, 0.4) is 0 Å². The predicted molar refractivity (Wildman–Crippen MR) is 132 cm³/mol. The van der Waals surface area contributed by atoms with E-state index in [0.29, 0.717) is 19.0 Å². The minimum Gasteiger partial charge on any atom is -0.497 e. The highest BCUT2D eigenvalue weighted by atomic mass is 16.5. The molecular formula is C27H29N3O3. The Kier molecular flexibility index (Phi) is 7.25. The van der Waals surface area contributed by atoms with Gasteiger partial charge in [-0.25, -0.2) is 9.97 Å². The van der Waals surface area contributed by atoms with Crippen molar-refractivity contribution in [2.75, 3.05) is 32.2 Å². The van der Waals surface area contributed by atoms with E-state index < -0.39 is 0 Å². The number of benzene rings is 3. The summed E-state index contributed by atoms with van der Waals surface area (Å²) in [6.45, 7) is 5.88. The molecule has 4 aromatic rings. The molecule has 1 aromatic heterocycles. The molecule has 0 radical (unpaired) electrons. The Morgan fingerprint density at radius 1 is 0.818 bits per heavy atom. The number of nitrogens with one attached hydrogen (secondary N) is 1. The molecule has 0 atom stereocenters. The SMILES string of the molecule is CCOc1ccc(CCNc2nc(-c3ccc(OC)cc3)nc3ccccc23)cc1OCC. The van der Waals surface area contributed by atoms with Crippen LogP contribution in [0, 0.1) is 0 Å². The lowest BCUT2D eigenvalue weighted by Crippen LogP contribution is -2.08. The number of anilines is 1. The van der Waals surface area contributed by atoms with E-state index in [-0.39, 0.29) is 0 Å². The first kappa shape index (κ1) is 22.4. The molecular weight excluding hydrogens is 414 g/mol. The highest BCUT2D eigenvalue weighted by Crippen LogP contribution is 2.29.